The maximum absolute atomic E-state index is 11.2. The van der Waals surface area contributed by atoms with Crippen LogP contribution in [0.25, 0.3) is 0 Å². The molecule has 1 aromatic carbocycles. The maximum Gasteiger partial charge on any atom is 0.303 e. The Morgan fingerprint density at radius 1 is 1.05 bits per heavy atom. The lowest BCUT2D eigenvalue weighted by Crippen LogP contribution is -2.21. The first-order valence-electron chi connectivity index (χ1n) is 6.11. The van der Waals surface area contributed by atoms with Crippen molar-refractivity contribution >= 4 is 34.5 Å². The van der Waals surface area contributed by atoms with Crippen molar-refractivity contribution in [3.8, 4) is 0 Å². The molecular weight excluding hydrogens is 359 g/mol. The molecule has 0 radical (unpaired) electrons. The molecule has 102 valence electrons. The predicted molar refractivity (Wildman–Crippen MR) is 77.4 cm³/mol. The smallest absolute Gasteiger partial charge is 0.303 e. The molecular formula is C14H15IO4. The van der Waals surface area contributed by atoms with Crippen molar-refractivity contribution in [3.05, 3.63) is 32.9 Å². The molecule has 2 atom stereocenters. The average Bonchev–Trinajstić information content (AvgIpc) is 2.31. The highest BCUT2D eigenvalue weighted by atomic mass is 127. The van der Waals surface area contributed by atoms with Crippen LogP contribution in [0.2, 0.25) is 0 Å². The van der Waals surface area contributed by atoms with E-state index in [4.69, 9.17) is 9.47 Å². The van der Waals surface area contributed by atoms with Crippen LogP contribution >= 0.6 is 22.6 Å². The number of halogens is 1. The van der Waals surface area contributed by atoms with Gasteiger partial charge in [0, 0.05) is 23.0 Å². The van der Waals surface area contributed by atoms with Gasteiger partial charge in [-0.05, 0) is 53.1 Å². The second kappa shape index (κ2) is 5.90. The fraction of sp³-hybridized carbons (Fsp3) is 0.429. The van der Waals surface area contributed by atoms with Gasteiger partial charge in [0.05, 0.1) is 0 Å². The summed E-state index contributed by atoms with van der Waals surface area (Å²) in [7, 11) is 0. The van der Waals surface area contributed by atoms with Gasteiger partial charge in [0.15, 0.2) is 0 Å². The summed E-state index contributed by atoms with van der Waals surface area (Å²) < 4.78 is 11.7. The van der Waals surface area contributed by atoms with Crippen LogP contribution in [0.3, 0.4) is 0 Å². The van der Waals surface area contributed by atoms with Crippen molar-refractivity contribution in [3.63, 3.8) is 0 Å². The molecule has 2 rings (SSSR count). The molecule has 0 aliphatic heterocycles. The Hall–Kier alpha value is -1.11. The highest BCUT2D eigenvalue weighted by molar-refractivity contribution is 14.1. The molecule has 1 aliphatic rings. The quantitative estimate of drug-likeness (QED) is 0.589. The molecule has 0 spiro atoms. The molecule has 0 saturated heterocycles. The monoisotopic (exact) mass is 374 g/mol. The van der Waals surface area contributed by atoms with E-state index in [0.29, 0.717) is 12.8 Å². The van der Waals surface area contributed by atoms with Crippen molar-refractivity contribution in [2.24, 2.45) is 0 Å². The summed E-state index contributed by atoms with van der Waals surface area (Å²) >= 11 is 2.21. The summed E-state index contributed by atoms with van der Waals surface area (Å²) in [5.41, 5.74) is 1.88. The van der Waals surface area contributed by atoms with Crippen molar-refractivity contribution in [1.82, 2.24) is 0 Å². The molecule has 1 aliphatic carbocycles. The predicted octanol–water partition coefficient (Wildman–Crippen LogP) is 3.29. The molecule has 5 heteroatoms. The fourth-order valence-electron chi connectivity index (χ4n) is 2.38. The minimum absolute atomic E-state index is 0.240. The molecule has 19 heavy (non-hydrogen) atoms. The summed E-state index contributed by atoms with van der Waals surface area (Å²) in [4.78, 5) is 22.3. The Labute approximate surface area is 125 Å². The van der Waals surface area contributed by atoms with E-state index in [0.717, 1.165) is 14.7 Å². The van der Waals surface area contributed by atoms with E-state index in [1.807, 2.05) is 18.2 Å². The molecule has 0 fully saturated rings. The van der Waals surface area contributed by atoms with E-state index in [1.54, 1.807) is 0 Å². The summed E-state index contributed by atoms with van der Waals surface area (Å²) in [6, 6.07) is 5.89. The Kier molecular flexibility index (Phi) is 4.44. The first-order chi connectivity index (χ1) is 8.97. The zero-order valence-electron chi connectivity index (χ0n) is 10.8. The third-order valence-corrected chi connectivity index (χ3v) is 3.72. The minimum Gasteiger partial charge on any atom is -0.458 e. The number of esters is 2. The third-order valence-electron chi connectivity index (χ3n) is 3.05. The number of rotatable bonds is 2. The van der Waals surface area contributed by atoms with Gasteiger partial charge >= 0.3 is 11.9 Å². The Bertz CT molecular complexity index is 512. The van der Waals surface area contributed by atoms with Gasteiger partial charge in [-0.3, -0.25) is 9.59 Å². The summed E-state index contributed by atoms with van der Waals surface area (Å²) in [5.74, 6) is -0.582. The van der Waals surface area contributed by atoms with Crippen LogP contribution in [-0.2, 0) is 19.1 Å². The zero-order chi connectivity index (χ0) is 14.0. The lowest BCUT2D eigenvalue weighted by molar-refractivity contribution is -0.153. The van der Waals surface area contributed by atoms with E-state index in [9.17, 15) is 9.59 Å². The molecule has 0 bridgehead atoms. The SMILES string of the molecule is CC(=O)OC1CCC(OC(C)=O)c2cc(I)ccc21. The normalized spacial score (nSPS) is 21.4. The number of carbonyl (C=O) groups excluding carboxylic acids is 2. The van der Waals surface area contributed by atoms with Gasteiger partial charge in [0.2, 0.25) is 0 Å². The first-order valence-corrected chi connectivity index (χ1v) is 7.19. The number of hydrogen-bond acceptors (Lipinski definition) is 4. The number of benzene rings is 1. The van der Waals surface area contributed by atoms with Crippen molar-refractivity contribution in [1.29, 1.82) is 0 Å². The second-order valence-corrected chi connectivity index (χ2v) is 5.79. The lowest BCUT2D eigenvalue weighted by atomic mass is 9.87. The van der Waals surface area contributed by atoms with Crippen LogP contribution in [0.4, 0.5) is 0 Å². The highest BCUT2D eigenvalue weighted by Gasteiger charge is 2.30. The summed E-state index contributed by atoms with van der Waals surface area (Å²) in [5, 5.41) is 0. The van der Waals surface area contributed by atoms with E-state index in [-0.39, 0.29) is 24.1 Å². The van der Waals surface area contributed by atoms with Crippen molar-refractivity contribution < 1.29 is 19.1 Å². The molecule has 4 nitrogen and oxygen atoms in total. The van der Waals surface area contributed by atoms with Crippen molar-refractivity contribution in [2.75, 3.05) is 0 Å². The van der Waals surface area contributed by atoms with Gasteiger partial charge in [-0.15, -0.1) is 0 Å². The first kappa shape index (κ1) is 14.3. The molecule has 0 N–H and O–H groups in total. The molecule has 2 unspecified atom stereocenters. The van der Waals surface area contributed by atoms with Gasteiger partial charge in [0.1, 0.15) is 12.2 Å². The molecule has 1 aromatic rings. The maximum atomic E-state index is 11.2. The van der Waals surface area contributed by atoms with E-state index in [2.05, 4.69) is 22.6 Å². The lowest BCUT2D eigenvalue weighted by Gasteiger charge is -2.30. The van der Waals surface area contributed by atoms with Crippen molar-refractivity contribution in [2.45, 2.75) is 38.9 Å². The standard InChI is InChI=1S/C14H15IO4/c1-8(16)18-13-5-6-14(19-9(2)17)12-7-10(15)3-4-11(12)13/h3-4,7,13-14H,5-6H2,1-2H3. The Morgan fingerprint density at radius 2 is 1.58 bits per heavy atom. The van der Waals surface area contributed by atoms with Crippen LogP contribution in [0.15, 0.2) is 18.2 Å². The van der Waals surface area contributed by atoms with E-state index in [1.165, 1.54) is 13.8 Å². The summed E-state index contributed by atoms with van der Waals surface area (Å²) in [6.07, 6.45) is 0.862. The highest BCUT2D eigenvalue weighted by Crippen LogP contribution is 2.40. The van der Waals surface area contributed by atoms with Crippen LogP contribution in [-0.4, -0.2) is 11.9 Å². The van der Waals surface area contributed by atoms with Gasteiger partial charge in [-0.2, -0.15) is 0 Å². The Balaban J connectivity index is 2.34. The molecule has 0 amide bonds. The second-order valence-electron chi connectivity index (χ2n) is 4.55. The van der Waals surface area contributed by atoms with Gasteiger partial charge in [-0.1, -0.05) is 6.07 Å². The number of fused-ring (bicyclic) bond motifs is 1. The minimum atomic E-state index is -0.291. The van der Waals surface area contributed by atoms with Gasteiger partial charge in [-0.25, -0.2) is 0 Å². The van der Waals surface area contributed by atoms with E-state index >= 15 is 0 Å². The molecule has 0 heterocycles. The average molecular weight is 374 g/mol. The summed E-state index contributed by atoms with van der Waals surface area (Å²) in [6.45, 7) is 2.82. The Morgan fingerprint density at radius 3 is 2.11 bits per heavy atom. The van der Waals surface area contributed by atoms with Crippen LogP contribution in [0.5, 0.6) is 0 Å². The van der Waals surface area contributed by atoms with Gasteiger partial charge < -0.3 is 9.47 Å². The van der Waals surface area contributed by atoms with Gasteiger partial charge in [0.25, 0.3) is 0 Å². The largest absolute Gasteiger partial charge is 0.458 e. The topological polar surface area (TPSA) is 52.6 Å². The molecule has 0 saturated carbocycles. The van der Waals surface area contributed by atoms with Crippen LogP contribution in [0.1, 0.15) is 50.0 Å². The number of hydrogen-bond donors (Lipinski definition) is 0. The van der Waals surface area contributed by atoms with Crippen LogP contribution in [0, 0.1) is 3.57 Å². The molecule has 0 aromatic heterocycles. The third kappa shape index (κ3) is 3.46. The number of ether oxygens (including phenoxy) is 2. The van der Waals surface area contributed by atoms with E-state index < -0.39 is 0 Å². The number of carbonyl (C=O) groups is 2. The zero-order valence-corrected chi connectivity index (χ0v) is 13.0. The fourth-order valence-corrected chi connectivity index (χ4v) is 2.89. The van der Waals surface area contributed by atoms with Crippen LogP contribution < -0.4 is 0 Å².